The van der Waals surface area contributed by atoms with E-state index in [1.54, 1.807) is 0 Å². The molecule has 0 unspecified atom stereocenters. The second-order valence-corrected chi connectivity index (χ2v) is 18.8. The number of hydrogen-bond donors (Lipinski definition) is 0. The average Bonchev–Trinajstić information content (AvgIpc) is 4.01. The smallest absolute Gasteiger partial charge is 0.238 e. The number of nitrogens with zero attached hydrogens (tertiary/aromatic N) is 5. The topological polar surface area (TPSA) is 48.5 Å². The second kappa shape index (κ2) is 18.0. The van der Waals surface area contributed by atoms with Crippen LogP contribution in [0.15, 0.2) is 273 Å². The lowest BCUT2D eigenvalue weighted by atomic mass is 9.98. The number of hydrogen-bond acceptors (Lipinski definition) is 3. The van der Waals surface area contributed by atoms with Gasteiger partial charge < -0.3 is 4.57 Å². The molecule has 0 radical (unpaired) electrons. The summed E-state index contributed by atoms with van der Waals surface area (Å²) in [5.41, 5.74) is 18.8. The van der Waals surface area contributed by atoms with Gasteiger partial charge in [0.25, 0.3) is 0 Å². The van der Waals surface area contributed by atoms with Gasteiger partial charge in [-0.2, -0.15) is 9.97 Å². The van der Waals surface area contributed by atoms with Crippen LogP contribution in [0.2, 0.25) is 0 Å². The summed E-state index contributed by atoms with van der Waals surface area (Å²) < 4.78 is 4.69. The maximum atomic E-state index is 5.42. The molecule has 14 rings (SSSR count). The monoisotopic (exact) mass is 943 g/mol. The third kappa shape index (κ3) is 7.54. The maximum Gasteiger partial charge on any atom is 0.238 e. The maximum absolute atomic E-state index is 5.42. The summed E-state index contributed by atoms with van der Waals surface area (Å²) in [6.45, 7) is 0. The Balaban J connectivity index is 0.990. The molecule has 0 aliphatic rings. The van der Waals surface area contributed by atoms with Gasteiger partial charge in [0, 0.05) is 38.4 Å². The Bertz CT molecular complexity index is 4360. The number of aromatic nitrogens is 5. The van der Waals surface area contributed by atoms with Crippen molar-refractivity contribution in [3.63, 3.8) is 0 Å². The van der Waals surface area contributed by atoms with E-state index in [0.29, 0.717) is 17.6 Å². The van der Waals surface area contributed by atoms with E-state index in [1.165, 1.54) is 38.6 Å². The second-order valence-electron chi connectivity index (χ2n) is 18.8. The lowest BCUT2D eigenvalue weighted by Gasteiger charge is -2.12. The van der Waals surface area contributed by atoms with Gasteiger partial charge in [0.1, 0.15) is 0 Å². The first-order valence-corrected chi connectivity index (χ1v) is 25.1. The zero-order valence-electron chi connectivity index (χ0n) is 40.2. The van der Waals surface area contributed by atoms with E-state index in [2.05, 4.69) is 264 Å². The Kier molecular flexibility index (Phi) is 10.4. The minimum Gasteiger partial charge on any atom is -0.309 e. The van der Waals surface area contributed by atoms with Gasteiger partial charge in [-0.25, -0.2) is 4.98 Å². The van der Waals surface area contributed by atoms with Crippen molar-refractivity contribution in [2.75, 3.05) is 0 Å². The fraction of sp³-hybridized carbons (Fsp3) is 0. The summed E-state index contributed by atoms with van der Waals surface area (Å²) in [5, 5.41) is 4.57. The molecule has 0 fully saturated rings. The highest BCUT2D eigenvalue weighted by Crippen LogP contribution is 2.44. The Morgan fingerprint density at radius 2 is 0.595 bits per heavy atom. The van der Waals surface area contributed by atoms with Crippen LogP contribution < -0.4 is 0 Å². The molecule has 0 bridgehead atoms. The zero-order chi connectivity index (χ0) is 49.0. The van der Waals surface area contributed by atoms with Crippen LogP contribution in [0.25, 0.3) is 134 Å². The molecule has 0 aliphatic heterocycles. The zero-order valence-corrected chi connectivity index (χ0v) is 40.2. The van der Waals surface area contributed by atoms with Gasteiger partial charge in [-0.3, -0.25) is 4.57 Å². The van der Waals surface area contributed by atoms with Gasteiger partial charge in [-0.05, 0) is 104 Å². The predicted molar refractivity (Wildman–Crippen MR) is 307 cm³/mol. The standard InChI is InChI=1S/C69H45N5/c1-6-17-46(18-7-1)49-29-31-51(32-30-49)56-37-40-62-60(44-56)59-39-42-64-65(66(59)73(62)58-27-14-5-15-28-58)61-45-57(48-21-10-3-11-22-48)38-41-63(61)74(64)69-71-67(52-23-12-4-13-24-52)70-68(72-69)53-35-33-50(34-36-53)55-26-16-25-54(43-55)47-19-8-2-9-20-47/h1-45H. The molecule has 0 amide bonds. The largest absolute Gasteiger partial charge is 0.309 e. The Morgan fingerprint density at radius 3 is 1.14 bits per heavy atom. The van der Waals surface area contributed by atoms with Crippen molar-refractivity contribution in [3.8, 4) is 90.0 Å². The van der Waals surface area contributed by atoms with Crippen molar-refractivity contribution in [1.29, 1.82) is 0 Å². The SMILES string of the molecule is c1ccc(-c2ccc(-c3ccc4c(c3)c3ccc5c(c6cc(-c7ccccc7)ccc6n5-c5nc(-c6ccccc6)nc(-c6ccc(-c7cccc(-c8ccccc8)c7)cc6)n5)c3n4-c3ccccc3)cc2)cc1. The van der Waals surface area contributed by atoms with Crippen LogP contribution in [0.3, 0.4) is 0 Å². The molecule has 11 aromatic carbocycles. The van der Waals surface area contributed by atoms with Crippen molar-refractivity contribution in [2.24, 2.45) is 0 Å². The molecular weight excluding hydrogens is 899 g/mol. The molecule has 0 saturated carbocycles. The van der Waals surface area contributed by atoms with Crippen molar-refractivity contribution in [3.05, 3.63) is 273 Å². The average molecular weight is 944 g/mol. The Labute approximate surface area is 428 Å². The summed E-state index contributed by atoms with van der Waals surface area (Å²) in [5.74, 6) is 1.74. The van der Waals surface area contributed by atoms with Crippen LogP contribution in [0.4, 0.5) is 0 Å². The lowest BCUT2D eigenvalue weighted by molar-refractivity contribution is 0.953. The molecular formula is C69H45N5. The predicted octanol–water partition coefficient (Wildman–Crippen LogP) is 17.7. The van der Waals surface area contributed by atoms with E-state index in [-0.39, 0.29) is 0 Å². The fourth-order valence-electron chi connectivity index (χ4n) is 10.8. The summed E-state index contributed by atoms with van der Waals surface area (Å²) in [6.07, 6.45) is 0. The molecule has 0 spiro atoms. The van der Waals surface area contributed by atoms with Crippen molar-refractivity contribution >= 4 is 43.6 Å². The van der Waals surface area contributed by atoms with Crippen molar-refractivity contribution < 1.29 is 0 Å². The molecule has 3 aromatic heterocycles. The van der Waals surface area contributed by atoms with Gasteiger partial charge in [-0.1, -0.05) is 224 Å². The van der Waals surface area contributed by atoms with Crippen LogP contribution in [0.1, 0.15) is 0 Å². The highest BCUT2D eigenvalue weighted by atomic mass is 15.2. The Hall–Kier alpha value is -9.97. The molecule has 74 heavy (non-hydrogen) atoms. The van der Waals surface area contributed by atoms with Gasteiger partial charge >= 0.3 is 0 Å². The van der Waals surface area contributed by atoms with Crippen LogP contribution in [0, 0.1) is 0 Å². The first-order chi connectivity index (χ1) is 36.7. The van der Waals surface area contributed by atoms with E-state index in [4.69, 9.17) is 15.0 Å². The first kappa shape index (κ1) is 42.9. The molecule has 0 saturated heterocycles. The third-order valence-electron chi connectivity index (χ3n) is 14.4. The summed E-state index contributed by atoms with van der Waals surface area (Å²) in [6, 6.07) is 97.2. The van der Waals surface area contributed by atoms with Gasteiger partial charge in [0.05, 0.1) is 22.1 Å². The lowest BCUT2D eigenvalue weighted by Crippen LogP contribution is -2.06. The van der Waals surface area contributed by atoms with Crippen molar-refractivity contribution in [2.45, 2.75) is 0 Å². The van der Waals surface area contributed by atoms with Gasteiger partial charge in [0.15, 0.2) is 11.6 Å². The number of rotatable bonds is 9. The van der Waals surface area contributed by atoms with E-state index in [0.717, 1.165) is 77.5 Å². The van der Waals surface area contributed by atoms with Crippen LogP contribution in [-0.2, 0) is 0 Å². The quantitative estimate of drug-likeness (QED) is 0.145. The summed E-state index contributed by atoms with van der Waals surface area (Å²) in [4.78, 5) is 16.0. The molecule has 14 aromatic rings. The molecule has 0 aliphatic carbocycles. The molecule has 346 valence electrons. The molecule has 0 atom stereocenters. The molecule has 3 heterocycles. The summed E-state index contributed by atoms with van der Waals surface area (Å²) in [7, 11) is 0. The van der Waals surface area contributed by atoms with E-state index in [9.17, 15) is 0 Å². The van der Waals surface area contributed by atoms with Crippen LogP contribution in [-0.4, -0.2) is 24.1 Å². The van der Waals surface area contributed by atoms with Gasteiger partial charge in [0.2, 0.25) is 5.95 Å². The van der Waals surface area contributed by atoms with Crippen LogP contribution in [0.5, 0.6) is 0 Å². The number of fused-ring (bicyclic) bond motifs is 7. The molecule has 5 nitrogen and oxygen atoms in total. The Morgan fingerprint density at radius 1 is 0.230 bits per heavy atom. The van der Waals surface area contributed by atoms with Gasteiger partial charge in [-0.15, -0.1) is 0 Å². The van der Waals surface area contributed by atoms with Crippen molar-refractivity contribution in [1.82, 2.24) is 24.1 Å². The highest BCUT2D eigenvalue weighted by Gasteiger charge is 2.24. The van der Waals surface area contributed by atoms with E-state index in [1.807, 2.05) is 18.2 Å². The molecule has 0 N–H and O–H groups in total. The minimum atomic E-state index is 0.545. The number of benzene rings is 11. The first-order valence-electron chi connectivity index (χ1n) is 25.1. The highest BCUT2D eigenvalue weighted by molar-refractivity contribution is 6.26. The number of para-hydroxylation sites is 1. The third-order valence-corrected chi connectivity index (χ3v) is 14.4. The van der Waals surface area contributed by atoms with E-state index < -0.39 is 0 Å². The summed E-state index contributed by atoms with van der Waals surface area (Å²) >= 11 is 0. The molecule has 5 heteroatoms. The fourth-order valence-corrected chi connectivity index (χ4v) is 10.8. The minimum absolute atomic E-state index is 0.545. The van der Waals surface area contributed by atoms with E-state index >= 15 is 0 Å². The normalized spacial score (nSPS) is 11.5. The van der Waals surface area contributed by atoms with Crippen LogP contribution >= 0.6 is 0 Å².